The number of hydrogen-bond acceptors (Lipinski definition) is 2. The fourth-order valence-corrected chi connectivity index (χ4v) is 4.31. The van der Waals surface area contributed by atoms with Crippen LogP contribution < -0.4 is 5.73 Å². The molecule has 0 amide bonds. The summed E-state index contributed by atoms with van der Waals surface area (Å²) in [5.41, 5.74) is 11.5. The molecule has 0 aromatic heterocycles. The molecular formula is C21H26N2. The quantitative estimate of drug-likeness (QED) is 0.940. The molecule has 1 fully saturated rings. The van der Waals surface area contributed by atoms with Gasteiger partial charge in [-0.25, -0.2) is 0 Å². The first-order chi connectivity index (χ1) is 11.3. The molecule has 1 saturated heterocycles. The summed E-state index contributed by atoms with van der Waals surface area (Å²) in [6, 6.07) is 18.6. The third kappa shape index (κ3) is 3.19. The second kappa shape index (κ2) is 6.46. The minimum atomic E-state index is 0.630. The van der Waals surface area contributed by atoms with Crippen molar-refractivity contribution in [3.8, 4) is 0 Å². The predicted molar refractivity (Wildman–Crippen MR) is 95.1 cm³/mol. The zero-order chi connectivity index (χ0) is 15.6. The highest BCUT2D eigenvalue weighted by atomic mass is 15.2. The van der Waals surface area contributed by atoms with E-state index in [-0.39, 0.29) is 0 Å². The summed E-state index contributed by atoms with van der Waals surface area (Å²) in [4.78, 5) is 2.72. The van der Waals surface area contributed by atoms with Crippen LogP contribution in [0.25, 0.3) is 0 Å². The van der Waals surface area contributed by atoms with Gasteiger partial charge >= 0.3 is 0 Å². The maximum atomic E-state index is 5.71. The third-order valence-corrected chi connectivity index (χ3v) is 5.64. The molecule has 2 heterocycles. The van der Waals surface area contributed by atoms with Crippen LogP contribution in [-0.2, 0) is 25.9 Å². The Kier molecular flexibility index (Phi) is 4.19. The number of rotatable bonds is 3. The van der Waals surface area contributed by atoms with Gasteiger partial charge in [0.1, 0.15) is 0 Å². The van der Waals surface area contributed by atoms with E-state index in [9.17, 15) is 0 Å². The van der Waals surface area contributed by atoms with Gasteiger partial charge in [-0.1, -0.05) is 48.5 Å². The molecule has 2 N–H and O–H groups in total. The van der Waals surface area contributed by atoms with Crippen LogP contribution in [-0.4, -0.2) is 17.5 Å². The second-order valence-corrected chi connectivity index (χ2v) is 7.22. The Bertz CT molecular complexity index is 662. The molecule has 2 bridgehead atoms. The van der Waals surface area contributed by atoms with Gasteiger partial charge in [-0.05, 0) is 53.9 Å². The Morgan fingerprint density at radius 2 is 1.57 bits per heavy atom. The summed E-state index contributed by atoms with van der Waals surface area (Å²) >= 11 is 0. The minimum Gasteiger partial charge on any atom is -0.326 e. The fraction of sp³-hybridized carbons (Fsp3) is 0.429. The van der Waals surface area contributed by atoms with Crippen LogP contribution in [0.5, 0.6) is 0 Å². The molecule has 0 spiro atoms. The van der Waals surface area contributed by atoms with Crippen LogP contribution in [0.2, 0.25) is 0 Å². The maximum absolute atomic E-state index is 5.71. The second-order valence-electron chi connectivity index (χ2n) is 7.22. The number of nitrogens with two attached hydrogens (primary N) is 1. The maximum Gasteiger partial charge on any atom is 0.0236 e. The van der Waals surface area contributed by atoms with Gasteiger partial charge in [0.25, 0.3) is 0 Å². The van der Waals surface area contributed by atoms with Gasteiger partial charge in [0, 0.05) is 25.7 Å². The molecule has 2 aromatic carbocycles. The van der Waals surface area contributed by atoms with E-state index in [1.54, 1.807) is 11.1 Å². The van der Waals surface area contributed by atoms with E-state index >= 15 is 0 Å². The van der Waals surface area contributed by atoms with Crippen LogP contribution in [0, 0.1) is 5.92 Å². The molecule has 0 radical (unpaired) electrons. The molecule has 23 heavy (non-hydrogen) atoms. The van der Waals surface area contributed by atoms with Gasteiger partial charge in [-0.3, -0.25) is 4.90 Å². The van der Waals surface area contributed by atoms with Crippen molar-refractivity contribution in [2.75, 3.05) is 6.54 Å². The lowest BCUT2D eigenvalue weighted by Gasteiger charge is -2.42. The normalized spacial score (nSPS) is 24.0. The van der Waals surface area contributed by atoms with Gasteiger partial charge in [-0.2, -0.15) is 0 Å². The highest BCUT2D eigenvalue weighted by molar-refractivity contribution is 5.30. The summed E-state index contributed by atoms with van der Waals surface area (Å²) in [6.07, 6.45) is 5.21. The largest absolute Gasteiger partial charge is 0.326 e. The summed E-state index contributed by atoms with van der Waals surface area (Å²) in [5, 5.41) is 0. The van der Waals surface area contributed by atoms with E-state index in [0.29, 0.717) is 12.6 Å². The summed E-state index contributed by atoms with van der Waals surface area (Å²) in [7, 11) is 0. The van der Waals surface area contributed by atoms with E-state index < -0.39 is 0 Å². The van der Waals surface area contributed by atoms with E-state index in [1.165, 1.54) is 43.4 Å². The minimum absolute atomic E-state index is 0.630. The van der Waals surface area contributed by atoms with Crippen LogP contribution in [0.1, 0.15) is 35.1 Å². The smallest absolute Gasteiger partial charge is 0.0236 e. The lowest BCUT2D eigenvalue weighted by Crippen LogP contribution is -2.46. The zero-order valence-electron chi connectivity index (χ0n) is 13.7. The number of fused-ring (bicyclic) bond motifs is 2. The number of nitrogens with zero attached hydrogens (tertiary/aromatic N) is 1. The van der Waals surface area contributed by atoms with E-state index in [1.807, 2.05) is 0 Å². The highest BCUT2D eigenvalue weighted by Gasteiger charge is 2.31. The monoisotopic (exact) mass is 306 g/mol. The molecule has 1 aliphatic carbocycles. The van der Waals surface area contributed by atoms with Crippen molar-refractivity contribution >= 4 is 0 Å². The Morgan fingerprint density at radius 1 is 0.870 bits per heavy atom. The van der Waals surface area contributed by atoms with Gasteiger partial charge in [-0.15, -0.1) is 0 Å². The Morgan fingerprint density at radius 3 is 2.30 bits per heavy atom. The first-order valence-corrected chi connectivity index (χ1v) is 8.90. The summed E-state index contributed by atoms with van der Waals surface area (Å²) in [5.74, 6) is 0.816. The molecule has 2 unspecified atom stereocenters. The Labute approximate surface area is 139 Å². The highest BCUT2D eigenvalue weighted by Crippen LogP contribution is 2.33. The van der Waals surface area contributed by atoms with Crippen LogP contribution in [0.15, 0.2) is 48.5 Å². The lowest BCUT2D eigenvalue weighted by molar-refractivity contribution is 0.0938. The predicted octanol–water partition coefficient (Wildman–Crippen LogP) is 3.52. The summed E-state index contributed by atoms with van der Waals surface area (Å²) < 4.78 is 0. The van der Waals surface area contributed by atoms with E-state index in [2.05, 4.69) is 53.4 Å². The van der Waals surface area contributed by atoms with Gasteiger partial charge in [0.15, 0.2) is 0 Å². The SMILES string of the molecule is NCc1ccc(CN2CC3CCC2Cc2ccccc2C3)cc1. The average molecular weight is 306 g/mol. The van der Waals surface area contributed by atoms with Gasteiger partial charge in [0.2, 0.25) is 0 Å². The molecule has 120 valence electrons. The third-order valence-electron chi connectivity index (χ3n) is 5.64. The molecule has 2 aliphatic heterocycles. The standard InChI is InChI=1S/C21H26N2/c22-13-16-5-7-17(8-6-16)14-23-15-18-9-10-21(23)12-20-4-2-1-3-19(20)11-18/h1-8,18,21H,9-15,22H2. The van der Waals surface area contributed by atoms with Crippen molar-refractivity contribution < 1.29 is 0 Å². The average Bonchev–Trinajstić information content (AvgIpc) is 2.56. The number of benzene rings is 2. The van der Waals surface area contributed by atoms with Crippen molar-refractivity contribution in [3.63, 3.8) is 0 Å². The number of hydrogen-bond donors (Lipinski definition) is 1. The lowest BCUT2D eigenvalue weighted by atomic mass is 9.80. The molecule has 3 aliphatic rings. The van der Waals surface area contributed by atoms with Crippen LogP contribution >= 0.6 is 0 Å². The van der Waals surface area contributed by atoms with E-state index in [4.69, 9.17) is 5.73 Å². The molecule has 2 heteroatoms. The fourth-order valence-electron chi connectivity index (χ4n) is 4.31. The van der Waals surface area contributed by atoms with E-state index in [0.717, 1.165) is 12.5 Å². The zero-order valence-corrected chi connectivity index (χ0v) is 13.7. The molecule has 2 nitrogen and oxygen atoms in total. The van der Waals surface area contributed by atoms with Gasteiger partial charge < -0.3 is 5.73 Å². The van der Waals surface area contributed by atoms with Crippen molar-refractivity contribution in [3.05, 3.63) is 70.8 Å². The van der Waals surface area contributed by atoms with Crippen molar-refractivity contribution in [1.82, 2.24) is 4.90 Å². The first kappa shape index (κ1) is 14.9. The summed E-state index contributed by atoms with van der Waals surface area (Å²) in [6.45, 7) is 2.96. The molecule has 2 atom stereocenters. The first-order valence-electron chi connectivity index (χ1n) is 8.90. The van der Waals surface area contributed by atoms with Crippen molar-refractivity contribution in [2.24, 2.45) is 11.7 Å². The van der Waals surface area contributed by atoms with Crippen LogP contribution in [0.4, 0.5) is 0 Å². The number of piperidine rings is 1. The van der Waals surface area contributed by atoms with Crippen molar-refractivity contribution in [2.45, 2.75) is 44.8 Å². The molecular weight excluding hydrogens is 280 g/mol. The molecule has 0 saturated carbocycles. The van der Waals surface area contributed by atoms with Crippen molar-refractivity contribution in [1.29, 1.82) is 0 Å². The molecule has 2 aromatic rings. The topological polar surface area (TPSA) is 29.3 Å². The molecule has 5 rings (SSSR count). The van der Waals surface area contributed by atoms with Crippen LogP contribution in [0.3, 0.4) is 0 Å². The van der Waals surface area contributed by atoms with Gasteiger partial charge in [0.05, 0.1) is 0 Å². The Balaban J connectivity index is 1.54. The Hall–Kier alpha value is -1.64.